The fourth-order valence-electron chi connectivity index (χ4n) is 2.22. The standard InChI is InChI=1S/C16H15FN4/c1-9-4-5-11-8-12(6-7-13(11)19-9)15-20-10(2)14(17)16(18-3)21-15/h4-8H,1-3H3,(H,18,20,21). The third-order valence-electron chi connectivity index (χ3n) is 3.34. The summed E-state index contributed by atoms with van der Waals surface area (Å²) >= 11 is 0. The van der Waals surface area contributed by atoms with E-state index in [1.54, 1.807) is 14.0 Å². The maximum atomic E-state index is 13.8. The minimum atomic E-state index is -0.417. The number of nitrogens with one attached hydrogen (secondary N) is 1. The van der Waals surface area contributed by atoms with Crippen molar-refractivity contribution in [3.8, 4) is 11.4 Å². The zero-order valence-corrected chi connectivity index (χ0v) is 12.1. The van der Waals surface area contributed by atoms with Crippen LogP contribution in [0.5, 0.6) is 0 Å². The molecule has 0 atom stereocenters. The fraction of sp³-hybridized carbons (Fsp3) is 0.188. The van der Waals surface area contributed by atoms with Gasteiger partial charge in [0, 0.05) is 23.7 Å². The molecular weight excluding hydrogens is 267 g/mol. The Morgan fingerprint density at radius 3 is 2.57 bits per heavy atom. The highest BCUT2D eigenvalue weighted by Crippen LogP contribution is 2.24. The molecule has 0 aliphatic carbocycles. The van der Waals surface area contributed by atoms with Crippen molar-refractivity contribution in [3.63, 3.8) is 0 Å². The lowest BCUT2D eigenvalue weighted by atomic mass is 10.1. The molecule has 4 nitrogen and oxygen atoms in total. The van der Waals surface area contributed by atoms with Gasteiger partial charge in [0.2, 0.25) is 0 Å². The van der Waals surface area contributed by atoms with Crippen molar-refractivity contribution < 1.29 is 4.39 Å². The van der Waals surface area contributed by atoms with Crippen molar-refractivity contribution in [2.75, 3.05) is 12.4 Å². The molecule has 5 heteroatoms. The van der Waals surface area contributed by atoms with Crippen LogP contribution in [0.15, 0.2) is 30.3 Å². The van der Waals surface area contributed by atoms with E-state index in [9.17, 15) is 4.39 Å². The molecule has 0 saturated heterocycles. The summed E-state index contributed by atoms with van der Waals surface area (Å²) in [5, 5.41) is 3.76. The number of fused-ring (bicyclic) bond motifs is 1. The van der Waals surface area contributed by atoms with Gasteiger partial charge in [0.25, 0.3) is 0 Å². The molecule has 0 spiro atoms. The van der Waals surface area contributed by atoms with Gasteiger partial charge in [-0.15, -0.1) is 0 Å². The van der Waals surface area contributed by atoms with E-state index in [-0.39, 0.29) is 5.82 Å². The third-order valence-corrected chi connectivity index (χ3v) is 3.34. The number of hydrogen-bond acceptors (Lipinski definition) is 4. The van der Waals surface area contributed by atoms with E-state index in [2.05, 4.69) is 20.3 Å². The molecule has 3 rings (SSSR count). The first-order chi connectivity index (χ1) is 10.1. The van der Waals surface area contributed by atoms with Gasteiger partial charge in [-0.2, -0.15) is 0 Å². The molecule has 0 bridgehead atoms. The van der Waals surface area contributed by atoms with Crippen LogP contribution in [0, 0.1) is 19.7 Å². The highest BCUT2D eigenvalue weighted by molar-refractivity contribution is 5.83. The van der Waals surface area contributed by atoms with E-state index in [0.29, 0.717) is 11.5 Å². The van der Waals surface area contributed by atoms with Crippen LogP contribution >= 0.6 is 0 Å². The number of hydrogen-bond donors (Lipinski definition) is 1. The van der Waals surface area contributed by atoms with Gasteiger partial charge in [0.1, 0.15) is 0 Å². The largest absolute Gasteiger partial charge is 0.371 e. The quantitative estimate of drug-likeness (QED) is 0.781. The Morgan fingerprint density at radius 1 is 1.00 bits per heavy atom. The lowest BCUT2D eigenvalue weighted by molar-refractivity contribution is 0.607. The Labute approximate surface area is 122 Å². The van der Waals surface area contributed by atoms with Crippen LogP contribution in [0.4, 0.5) is 10.2 Å². The first-order valence-electron chi connectivity index (χ1n) is 6.68. The Morgan fingerprint density at radius 2 is 1.81 bits per heavy atom. The van der Waals surface area contributed by atoms with Crippen molar-refractivity contribution in [2.24, 2.45) is 0 Å². The molecule has 0 amide bonds. The molecular formula is C16H15FN4. The predicted octanol–water partition coefficient (Wildman–Crippen LogP) is 3.49. The number of rotatable bonds is 2. The monoisotopic (exact) mass is 282 g/mol. The second-order valence-corrected chi connectivity index (χ2v) is 4.91. The summed E-state index contributed by atoms with van der Waals surface area (Å²) in [5.74, 6) is 0.291. The van der Waals surface area contributed by atoms with Gasteiger partial charge >= 0.3 is 0 Å². The fourth-order valence-corrected chi connectivity index (χ4v) is 2.22. The summed E-state index contributed by atoms with van der Waals surface area (Å²) in [5.41, 5.74) is 3.06. The molecule has 2 aromatic heterocycles. The van der Waals surface area contributed by atoms with Gasteiger partial charge < -0.3 is 5.32 Å². The Bertz CT molecular complexity index is 830. The maximum Gasteiger partial charge on any atom is 0.186 e. The van der Waals surface area contributed by atoms with E-state index in [4.69, 9.17) is 0 Å². The van der Waals surface area contributed by atoms with Gasteiger partial charge in [-0.1, -0.05) is 6.07 Å². The van der Waals surface area contributed by atoms with Crippen molar-refractivity contribution in [2.45, 2.75) is 13.8 Å². The number of halogens is 1. The van der Waals surface area contributed by atoms with Gasteiger partial charge in [-0.3, -0.25) is 4.98 Å². The molecule has 0 radical (unpaired) electrons. The smallest absolute Gasteiger partial charge is 0.186 e. The first kappa shape index (κ1) is 13.4. The molecule has 1 aromatic carbocycles. The summed E-state index contributed by atoms with van der Waals surface area (Å²) in [6.45, 7) is 3.59. The lowest BCUT2D eigenvalue weighted by Gasteiger charge is -2.08. The van der Waals surface area contributed by atoms with Gasteiger partial charge in [0.15, 0.2) is 17.5 Å². The van der Waals surface area contributed by atoms with Gasteiger partial charge in [-0.25, -0.2) is 14.4 Å². The molecule has 2 heterocycles. The third kappa shape index (κ3) is 2.42. The second-order valence-electron chi connectivity index (χ2n) is 4.91. The average molecular weight is 282 g/mol. The van der Waals surface area contributed by atoms with Crippen LogP contribution in [0.3, 0.4) is 0 Å². The predicted molar refractivity (Wildman–Crippen MR) is 81.7 cm³/mol. The molecule has 0 unspecified atom stereocenters. The summed E-state index contributed by atoms with van der Waals surface area (Å²) in [6.07, 6.45) is 0. The van der Waals surface area contributed by atoms with Crippen molar-refractivity contribution in [3.05, 3.63) is 47.5 Å². The Kier molecular flexibility index (Phi) is 3.25. The van der Waals surface area contributed by atoms with Gasteiger partial charge in [0.05, 0.1) is 11.2 Å². The minimum Gasteiger partial charge on any atom is -0.371 e. The number of pyridine rings is 1. The van der Waals surface area contributed by atoms with Crippen LogP contribution in [-0.4, -0.2) is 22.0 Å². The Hall–Kier alpha value is -2.56. The molecule has 106 valence electrons. The molecule has 0 saturated carbocycles. The number of aromatic nitrogens is 3. The summed E-state index contributed by atoms with van der Waals surface area (Å²) in [4.78, 5) is 12.9. The molecule has 0 aliphatic heterocycles. The van der Waals surface area contributed by atoms with E-state index in [0.717, 1.165) is 22.2 Å². The number of nitrogens with zero attached hydrogens (tertiary/aromatic N) is 3. The van der Waals surface area contributed by atoms with Crippen LogP contribution in [0.25, 0.3) is 22.3 Å². The topological polar surface area (TPSA) is 50.7 Å². The number of aryl methyl sites for hydroxylation is 2. The highest BCUT2D eigenvalue weighted by atomic mass is 19.1. The lowest BCUT2D eigenvalue weighted by Crippen LogP contribution is -2.03. The summed E-state index contributed by atoms with van der Waals surface area (Å²) in [7, 11) is 1.64. The zero-order valence-electron chi connectivity index (χ0n) is 12.1. The summed E-state index contributed by atoms with van der Waals surface area (Å²) in [6, 6.07) is 9.77. The van der Waals surface area contributed by atoms with E-state index in [1.165, 1.54) is 0 Å². The van der Waals surface area contributed by atoms with Crippen molar-refractivity contribution >= 4 is 16.7 Å². The Balaban J connectivity index is 2.16. The summed E-state index contributed by atoms with van der Waals surface area (Å²) < 4.78 is 13.8. The normalized spacial score (nSPS) is 10.9. The van der Waals surface area contributed by atoms with Crippen LogP contribution in [0.2, 0.25) is 0 Å². The zero-order chi connectivity index (χ0) is 15.0. The second kappa shape index (κ2) is 5.09. The van der Waals surface area contributed by atoms with Crippen LogP contribution < -0.4 is 5.32 Å². The maximum absolute atomic E-state index is 13.8. The highest BCUT2D eigenvalue weighted by Gasteiger charge is 2.12. The van der Waals surface area contributed by atoms with Crippen LogP contribution in [-0.2, 0) is 0 Å². The van der Waals surface area contributed by atoms with Crippen molar-refractivity contribution in [1.29, 1.82) is 0 Å². The molecule has 1 N–H and O–H groups in total. The molecule has 0 fully saturated rings. The molecule has 3 aromatic rings. The minimum absolute atomic E-state index is 0.208. The SMILES string of the molecule is CNc1nc(-c2ccc3nc(C)ccc3c2)nc(C)c1F. The van der Waals surface area contributed by atoms with Gasteiger partial charge in [-0.05, 0) is 38.1 Å². The average Bonchev–Trinajstić information content (AvgIpc) is 2.49. The number of benzene rings is 1. The van der Waals surface area contributed by atoms with Crippen LogP contribution in [0.1, 0.15) is 11.4 Å². The van der Waals surface area contributed by atoms with E-state index in [1.807, 2.05) is 37.3 Å². The van der Waals surface area contributed by atoms with E-state index >= 15 is 0 Å². The molecule has 0 aliphatic rings. The molecule has 21 heavy (non-hydrogen) atoms. The van der Waals surface area contributed by atoms with Crippen molar-refractivity contribution in [1.82, 2.24) is 15.0 Å². The first-order valence-corrected chi connectivity index (χ1v) is 6.68. The number of anilines is 1. The van der Waals surface area contributed by atoms with E-state index < -0.39 is 5.82 Å².